The van der Waals surface area contributed by atoms with Crippen molar-refractivity contribution in [3.8, 4) is 0 Å². The third-order valence-corrected chi connectivity index (χ3v) is 11.6. The number of aliphatic hydroxyl groups is 1. The van der Waals surface area contributed by atoms with Gasteiger partial charge in [0, 0.05) is 22.7 Å². The molecular formula is C31H41BrO3. The first kappa shape index (κ1) is 25.4. The van der Waals surface area contributed by atoms with Gasteiger partial charge in [0.15, 0.2) is 5.79 Å². The Morgan fingerprint density at radius 3 is 2.54 bits per heavy atom. The molecule has 35 heavy (non-hydrogen) atoms. The van der Waals surface area contributed by atoms with Crippen LogP contribution in [0.25, 0.3) is 0 Å². The van der Waals surface area contributed by atoms with Crippen molar-refractivity contribution in [3.63, 3.8) is 0 Å². The summed E-state index contributed by atoms with van der Waals surface area (Å²) < 4.78 is 7.19. The number of carbonyl (C=O) groups excluding carboxylic acids is 1. The summed E-state index contributed by atoms with van der Waals surface area (Å²) in [6.07, 6.45) is 13.0. The molecule has 0 amide bonds. The minimum Gasteiger partial charge on any atom is -0.365 e. The maximum atomic E-state index is 13.0. The Kier molecular flexibility index (Phi) is 6.51. The lowest BCUT2D eigenvalue weighted by atomic mass is 9.45. The Bertz CT molecular complexity index is 1030. The molecule has 1 aromatic rings. The second-order valence-electron chi connectivity index (χ2n) is 12.4. The quantitative estimate of drug-likeness (QED) is 0.296. The molecule has 7 atom stereocenters. The van der Waals surface area contributed by atoms with Gasteiger partial charge < -0.3 is 9.84 Å². The number of halogens is 1. The topological polar surface area (TPSA) is 46.5 Å². The van der Waals surface area contributed by atoms with Crippen LogP contribution in [0.1, 0.15) is 84.1 Å². The molecule has 0 bridgehead atoms. The average molecular weight is 542 g/mol. The molecule has 0 heterocycles. The predicted octanol–water partition coefficient (Wildman–Crippen LogP) is 7.77. The zero-order valence-corrected chi connectivity index (χ0v) is 23.2. The number of fused-ring (bicyclic) bond motifs is 5. The number of Topliss-reactive ketones (excluding diaryl/α,β-unsaturated/α-hetero) is 1. The Morgan fingerprint density at radius 1 is 1.14 bits per heavy atom. The number of hydrogen-bond donors (Lipinski definition) is 1. The summed E-state index contributed by atoms with van der Waals surface area (Å²) in [7, 11) is 0. The van der Waals surface area contributed by atoms with E-state index in [0.29, 0.717) is 43.0 Å². The molecule has 1 aromatic carbocycles. The van der Waals surface area contributed by atoms with Crippen LogP contribution in [0.15, 0.2) is 53.0 Å². The lowest BCUT2D eigenvalue weighted by molar-refractivity contribution is -0.231. The van der Waals surface area contributed by atoms with E-state index in [1.165, 1.54) is 12.0 Å². The second kappa shape index (κ2) is 8.96. The zero-order chi connectivity index (χ0) is 25.1. The van der Waals surface area contributed by atoms with Crippen LogP contribution in [0, 0.1) is 34.0 Å². The average Bonchev–Trinajstić information content (AvgIpc) is 3.13. The molecule has 0 unspecified atom stereocenters. The summed E-state index contributed by atoms with van der Waals surface area (Å²) in [5.41, 5.74) is 2.43. The fourth-order valence-electron chi connectivity index (χ4n) is 8.98. The van der Waals surface area contributed by atoms with Crippen molar-refractivity contribution >= 4 is 21.7 Å². The predicted molar refractivity (Wildman–Crippen MR) is 144 cm³/mol. The van der Waals surface area contributed by atoms with E-state index in [-0.39, 0.29) is 16.2 Å². The van der Waals surface area contributed by atoms with Gasteiger partial charge in [0.1, 0.15) is 5.78 Å². The third-order valence-electron chi connectivity index (χ3n) is 11.1. The number of ketones is 1. The Morgan fingerprint density at radius 2 is 1.86 bits per heavy atom. The van der Waals surface area contributed by atoms with Gasteiger partial charge >= 0.3 is 0 Å². The molecule has 3 fully saturated rings. The molecule has 4 aliphatic rings. The van der Waals surface area contributed by atoms with Crippen LogP contribution in [0.3, 0.4) is 0 Å². The van der Waals surface area contributed by atoms with E-state index >= 15 is 0 Å². The normalized spacial score (nSPS) is 42.4. The van der Waals surface area contributed by atoms with Crippen molar-refractivity contribution < 1.29 is 14.6 Å². The lowest BCUT2D eigenvalue weighted by Crippen LogP contribution is -2.55. The number of rotatable bonds is 6. The SMILES string of the molecule is C=CC[C@]1(C(C)=O)CC[C@H]2[C@@H]3CC=C4C[C@](O)(OCc5ccc(Br)cc5)CC[C@]4(C)[C@H]3CC[C@@]21C. The van der Waals surface area contributed by atoms with E-state index in [1.807, 2.05) is 37.3 Å². The van der Waals surface area contributed by atoms with Gasteiger partial charge in [0.05, 0.1) is 6.61 Å². The van der Waals surface area contributed by atoms with Gasteiger partial charge in [-0.1, -0.05) is 59.6 Å². The maximum Gasteiger partial charge on any atom is 0.169 e. The summed E-state index contributed by atoms with van der Waals surface area (Å²) in [6.45, 7) is 11.1. The standard InChI is InChI=1S/C31H41BrO3/c1-5-14-30(21(2)33)16-13-27-25-11-8-23-19-31(34,35-20-22-6-9-24(32)10-7-22)18-17-28(23,3)26(25)12-15-29(27,30)4/h5-10,25-27,34H,1,11-20H2,2-4H3/t25-,26+,27+,28+,29+,30-,31-/m1/s1. The van der Waals surface area contributed by atoms with Crippen LogP contribution in [-0.4, -0.2) is 16.7 Å². The fourth-order valence-corrected chi connectivity index (χ4v) is 9.24. The van der Waals surface area contributed by atoms with Crippen LogP contribution < -0.4 is 0 Å². The first-order valence-corrected chi connectivity index (χ1v) is 14.3. The fraction of sp³-hybridized carbons (Fsp3) is 0.645. The molecule has 0 spiro atoms. The summed E-state index contributed by atoms with van der Waals surface area (Å²) >= 11 is 3.48. The lowest BCUT2D eigenvalue weighted by Gasteiger charge is -2.60. The van der Waals surface area contributed by atoms with Gasteiger partial charge in [-0.15, -0.1) is 6.58 Å². The summed E-state index contributed by atoms with van der Waals surface area (Å²) in [4.78, 5) is 13.0. The first-order chi connectivity index (χ1) is 16.6. The largest absolute Gasteiger partial charge is 0.365 e. The highest BCUT2D eigenvalue weighted by atomic mass is 79.9. The highest BCUT2D eigenvalue weighted by molar-refractivity contribution is 9.10. The van der Waals surface area contributed by atoms with E-state index in [0.717, 1.165) is 48.6 Å². The van der Waals surface area contributed by atoms with Crippen molar-refractivity contribution in [1.82, 2.24) is 0 Å². The summed E-state index contributed by atoms with van der Waals surface area (Å²) in [5, 5.41) is 11.4. The molecule has 3 saturated carbocycles. The molecule has 1 N–H and O–H groups in total. The highest BCUT2D eigenvalue weighted by Gasteiger charge is 2.65. The zero-order valence-electron chi connectivity index (χ0n) is 21.6. The molecule has 0 aliphatic heterocycles. The summed E-state index contributed by atoms with van der Waals surface area (Å²) in [6, 6.07) is 8.11. The Hall–Kier alpha value is -1.23. The first-order valence-electron chi connectivity index (χ1n) is 13.5. The highest BCUT2D eigenvalue weighted by Crippen LogP contribution is 2.70. The number of hydrogen-bond acceptors (Lipinski definition) is 3. The number of carbonyl (C=O) groups is 1. The third kappa shape index (κ3) is 3.94. The van der Waals surface area contributed by atoms with E-state index in [9.17, 15) is 9.90 Å². The molecule has 0 aromatic heterocycles. The molecule has 5 rings (SSSR count). The molecule has 3 nitrogen and oxygen atoms in total. The van der Waals surface area contributed by atoms with Crippen LogP contribution in [0.4, 0.5) is 0 Å². The van der Waals surface area contributed by atoms with Crippen molar-refractivity contribution in [2.75, 3.05) is 0 Å². The van der Waals surface area contributed by atoms with Crippen LogP contribution in [-0.2, 0) is 16.1 Å². The molecule has 0 radical (unpaired) electrons. The number of allylic oxidation sites excluding steroid dienone is 2. The molecule has 0 saturated heterocycles. The monoisotopic (exact) mass is 540 g/mol. The minimum absolute atomic E-state index is 0.0685. The van der Waals surface area contributed by atoms with E-state index < -0.39 is 5.79 Å². The van der Waals surface area contributed by atoms with E-state index in [1.54, 1.807) is 0 Å². The maximum absolute atomic E-state index is 13.0. The van der Waals surface area contributed by atoms with Gasteiger partial charge in [0.2, 0.25) is 0 Å². The Balaban J connectivity index is 1.35. The van der Waals surface area contributed by atoms with Gasteiger partial charge in [-0.25, -0.2) is 0 Å². The van der Waals surface area contributed by atoms with E-state index in [2.05, 4.69) is 42.4 Å². The smallest absolute Gasteiger partial charge is 0.169 e. The van der Waals surface area contributed by atoms with Gasteiger partial charge in [0.25, 0.3) is 0 Å². The molecule has 190 valence electrons. The van der Waals surface area contributed by atoms with Crippen molar-refractivity contribution in [3.05, 3.63) is 58.6 Å². The Labute approximate surface area is 219 Å². The molecule has 4 aliphatic carbocycles. The minimum atomic E-state index is -1.09. The van der Waals surface area contributed by atoms with Gasteiger partial charge in [-0.05, 0) is 98.1 Å². The van der Waals surface area contributed by atoms with Gasteiger partial charge in [-0.2, -0.15) is 0 Å². The number of benzene rings is 1. The van der Waals surface area contributed by atoms with Crippen LogP contribution in [0.5, 0.6) is 0 Å². The van der Waals surface area contributed by atoms with Crippen molar-refractivity contribution in [1.29, 1.82) is 0 Å². The van der Waals surface area contributed by atoms with Gasteiger partial charge in [-0.3, -0.25) is 4.79 Å². The molecule has 4 heteroatoms. The van der Waals surface area contributed by atoms with E-state index in [4.69, 9.17) is 4.74 Å². The molecular weight excluding hydrogens is 500 g/mol. The second-order valence-corrected chi connectivity index (χ2v) is 13.3. The summed E-state index contributed by atoms with van der Waals surface area (Å²) in [5.74, 6) is 1.13. The van der Waals surface area contributed by atoms with Crippen molar-refractivity contribution in [2.45, 2.75) is 91.0 Å². The van der Waals surface area contributed by atoms with Crippen molar-refractivity contribution in [2.24, 2.45) is 34.0 Å². The van der Waals surface area contributed by atoms with Crippen LogP contribution in [0.2, 0.25) is 0 Å². The van der Waals surface area contributed by atoms with Crippen LogP contribution >= 0.6 is 15.9 Å². The number of ether oxygens (including phenoxy) is 1.